The summed E-state index contributed by atoms with van der Waals surface area (Å²) in [6.45, 7) is 3.89. The molecule has 0 unspecified atom stereocenters. The van der Waals surface area contributed by atoms with Crippen molar-refractivity contribution in [3.8, 4) is 17.0 Å². The summed E-state index contributed by atoms with van der Waals surface area (Å²) in [5.74, 6) is -0.135. The molecule has 7 nitrogen and oxygen atoms in total. The number of carbonyl (C=O) groups is 1. The Labute approximate surface area is 184 Å². The monoisotopic (exact) mass is 427 g/mol. The molecule has 32 heavy (non-hydrogen) atoms. The predicted octanol–water partition coefficient (Wildman–Crippen LogP) is 5.69. The van der Waals surface area contributed by atoms with E-state index in [1.807, 2.05) is 62.4 Å². The Balaban J connectivity index is 1.83. The molecule has 0 bridgehead atoms. The van der Waals surface area contributed by atoms with Crippen LogP contribution in [0.1, 0.15) is 21.5 Å². The van der Waals surface area contributed by atoms with Crippen molar-refractivity contribution in [2.24, 2.45) is 0 Å². The molecule has 0 radical (unpaired) electrons. The number of methoxy groups -OCH3 is 1. The highest BCUT2D eigenvalue weighted by Crippen LogP contribution is 2.33. The number of aryl methyl sites for hydroxylation is 1. The van der Waals surface area contributed by atoms with Crippen molar-refractivity contribution in [3.63, 3.8) is 0 Å². The largest absolute Gasteiger partial charge is 0.494 e. The van der Waals surface area contributed by atoms with Gasteiger partial charge in [-0.05, 0) is 31.5 Å². The lowest BCUT2D eigenvalue weighted by Gasteiger charge is -2.16. The van der Waals surface area contributed by atoms with Crippen molar-refractivity contribution in [3.05, 3.63) is 93.5 Å². The van der Waals surface area contributed by atoms with Crippen molar-refractivity contribution >= 4 is 28.2 Å². The molecule has 4 aromatic rings. The predicted molar refractivity (Wildman–Crippen MR) is 124 cm³/mol. The number of hydrogen-bond donors (Lipinski definition) is 1. The van der Waals surface area contributed by atoms with Crippen LogP contribution in [0.3, 0.4) is 0 Å². The smallest absolute Gasteiger partial charge is 0.273 e. The summed E-state index contributed by atoms with van der Waals surface area (Å²) >= 11 is 0. The van der Waals surface area contributed by atoms with Gasteiger partial charge in [-0.3, -0.25) is 14.9 Å². The standard InChI is InChI=1S/C25H21N3O4/c1-15-8-10-17(11-9-15)24-16(2)23(19-6-4-5-7-20(19)26-24)25(29)27-21-13-12-18(28(30)31)14-22(21)32-3/h4-14H,1-3H3,(H,27,29). The van der Waals surface area contributed by atoms with Gasteiger partial charge in [-0.1, -0.05) is 48.0 Å². The zero-order valence-electron chi connectivity index (χ0n) is 17.9. The molecule has 0 aliphatic carbocycles. The van der Waals surface area contributed by atoms with E-state index in [1.165, 1.54) is 25.3 Å². The van der Waals surface area contributed by atoms with E-state index in [9.17, 15) is 14.9 Å². The average Bonchev–Trinajstić information content (AvgIpc) is 2.79. The topological polar surface area (TPSA) is 94.4 Å². The number of para-hydroxylation sites is 1. The molecule has 160 valence electrons. The van der Waals surface area contributed by atoms with Gasteiger partial charge in [0, 0.05) is 17.0 Å². The third-order valence-electron chi connectivity index (χ3n) is 5.33. The van der Waals surface area contributed by atoms with Gasteiger partial charge in [0.15, 0.2) is 0 Å². The van der Waals surface area contributed by atoms with Gasteiger partial charge in [-0.2, -0.15) is 0 Å². The van der Waals surface area contributed by atoms with Crippen LogP contribution in [0, 0.1) is 24.0 Å². The fourth-order valence-corrected chi connectivity index (χ4v) is 3.67. The van der Waals surface area contributed by atoms with Gasteiger partial charge in [-0.25, -0.2) is 4.98 Å². The summed E-state index contributed by atoms with van der Waals surface area (Å²) in [7, 11) is 1.40. The van der Waals surface area contributed by atoms with Crippen LogP contribution in [-0.2, 0) is 0 Å². The number of nitrogens with zero attached hydrogens (tertiary/aromatic N) is 2. The first-order valence-corrected chi connectivity index (χ1v) is 9.99. The first-order valence-electron chi connectivity index (χ1n) is 9.99. The van der Waals surface area contributed by atoms with Gasteiger partial charge in [-0.15, -0.1) is 0 Å². The van der Waals surface area contributed by atoms with Gasteiger partial charge in [0.05, 0.1) is 40.6 Å². The van der Waals surface area contributed by atoms with E-state index in [0.29, 0.717) is 16.8 Å². The quantitative estimate of drug-likeness (QED) is 0.326. The number of nitro benzene ring substituents is 1. The van der Waals surface area contributed by atoms with Crippen LogP contribution in [0.5, 0.6) is 5.75 Å². The Morgan fingerprint density at radius 3 is 2.44 bits per heavy atom. The molecule has 0 spiro atoms. The van der Waals surface area contributed by atoms with Crippen LogP contribution >= 0.6 is 0 Å². The van der Waals surface area contributed by atoms with E-state index in [0.717, 1.165) is 27.8 Å². The normalized spacial score (nSPS) is 10.7. The Morgan fingerprint density at radius 1 is 1.03 bits per heavy atom. The van der Waals surface area contributed by atoms with Crippen molar-refractivity contribution < 1.29 is 14.5 Å². The number of rotatable bonds is 5. The molecule has 0 saturated carbocycles. The van der Waals surface area contributed by atoms with Crippen molar-refractivity contribution in [2.45, 2.75) is 13.8 Å². The lowest BCUT2D eigenvalue weighted by molar-refractivity contribution is -0.384. The van der Waals surface area contributed by atoms with E-state index in [4.69, 9.17) is 9.72 Å². The maximum Gasteiger partial charge on any atom is 0.273 e. The maximum absolute atomic E-state index is 13.4. The number of carbonyl (C=O) groups excluding carboxylic acids is 1. The van der Waals surface area contributed by atoms with Crippen LogP contribution in [0.15, 0.2) is 66.7 Å². The van der Waals surface area contributed by atoms with Crippen LogP contribution in [0.2, 0.25) is 0 Å². The molecule has 4 rings (SSSR count). The number of anilines is 1. The minimum Gasteiger partial charge on any atom is -0.494 e. The van der Waals surface area contributed by atoms with Crippen LogP contribution < -0.4 is 10.1 Å². The molecule has 0 aliphatic heterocycles. The van der Waals surface area contributed by atoms with Gasteiger partial charge < -0.3 is 10.1 Å². The number of hydrogen-bond acceptors (Lipinski definition) is 5. The third-order valence-corrected chi connectivity index (χ3v) is 5.33. The summed E-state index contributed by atoms with van der Waals surface area (Å²) in [5.41, 5.74) is 4.94. The number of nitro groups is 1. The fourth-order valence-electron chi connectivity index (χ4n) is 3.67. The molecule has 1 aromatic heterocycles. The molecular formula is C25H21N3O4. The first-order chi connectivity index (χ1) is 15.4. The summed E-state index contributed by atoms with van der Waals surface area (Å²) in [4.78, 5) is 28.8. The lowest BCUT2D eigenvalue weighted by atomic mass is 9.96. The molecule has 0 saturated heterocycles. The Hall–Kier alpha value is -4.26. The number of pyridine rings is 1. The van der Waals surface area contributed by atoms with E-state index < -0.39 is 4.92 Å². The number of aromatic nitrogens is 1. The molecule has 7 heteroatoms. The van der Waals surface area contributed by atoms with Gasteiger partial charge in [0.2, 0.25) is 0 Å². The molecule has 0 atom stereocenters. The highest BCUT2D eigenvalue weighted by atomic mass is 16.6. The SMILES string of the molecule is COc1cc([N+](=O)[O-])ccc1NC(=O)c1c(C)c(-c2ccc(C)cc2)nc2ccccc12. The van der Waals surface area contributed by atoms with Crippen LogP contribution in [-0.4, -0.2) is 22.9 Å². The Morgan fingerprint density at radius 2 is 1.75 bits per heavy atom. The van der Waals surface area contributed by atoms with Crippen LogP contribution in [0.25, 0.3) is 22.2 Å². The van der Waals surface area contributed by atoms with Gasteiger partial charge in [0.1, 0.15) is 5.75 Å². The zero-order chi connectivity index (χ0) is 22.8. The summed E-state index contributed by atoms with van der Waals surface area (Å²) in [6.07, 6.45) is 0. The summed E-state index contributed by atoms with van der Waals surface area (Å²) in [5, 5.41) is 14.6. The minimum absolute atomic E-state index is 0.118. The average molecular weight is 427 g/mol. The zero-order valence-corrected chi connectivity index (χ0v) is 17.9. The van der Waals surface area contributed by atoms with Crippen LogP contribution in [0.4, 0.5) is 11.4 Å². The Kier molecular flexibility index (Phi) is 5.55. The molecule has 0 aliphatic rings. The minimum atomic E-state index is -0.511. The molecule has 0 fully saturated rings. The number of fused-ring (bicyclic) bond motifs is 1. The second-order valence-electron chi connectivity index (χ2n) is 7.44. The molecule has 3 aromatic carbocycles. The second kappa shape index (κ2) is 8.47. The summed E-state index contributed by atoms with van der Waals surface area (Å²) in [6, 6.07) is 19.5. The van der Waals surface area contributed by atoms with Crippen molar-refractivity contribution in [1.29, 1.82) is 0 Å². The van der Waals surface area contributed by atoms with Gasteiger partial charge in [0.25, 0.3) is 11.6 Å². The number of amides is 1. The number of nitrogens with one attached hydrogen (secondary N) is 1. The van der Waals surface area contributed by atoms with E-state index >= 15 is 0 Å². The number of non-ortho nitro benzene ring substituents is 1. The number of ether oxygens (including phenoxy) is 1. The Bertz CT molecular complexity index is 1350. The first kappa shape index (κ1) is 21.0. The van der Waals surface area contributed by atoms with E-state index in [2.05, 4.69) is 5.32 Å². The molecule has 1 amide bonds. The highest BCUT2D eigenvalue weighted by Gasteiger charge is 2.21. The highest BCUT2D eigenvalue weighted by molar-refractivity contribution is 6.14. The van der Waals surface area contributed by atoms with Gasteiger partial charge >= 0.3 is 0 Å². The lowest BCUT2D eigenvalue weighted by Crippen LogP contribution is -2.16. The van der Waals surface area contributed by atoms with Crippen molar-refractivity contribution in [2.75, 3.05) is 12.4 Å². The fraction of sp³-hybridized carbons (Fsp3) is 0.120. The van der Waals surface area contributed by atoms with E-state index in [-0.39, 0.29) is 17.3 Å². The second-order valence-corrected chi connectivity index (χ2v) is 7.44. The maximum atomic E-state index is 13.4. The van der Waals surface area contributed by atoms with E-state index in [1.54, 1.807) is 0 Å². The number of benzene rings is 3. The molecular weight excluding hydrogens is 406 g/mol. The third kappa shape index (κ3) is 3.88. The van der Waals surface area contributed by atoms with Crippen molar-refractivity contribution in [1.82, 2.24) is 4.98 Å². The summed E-state index contributed by atoms with van der Waals surface area (Å²) < 4.78 is 5.26. The molecule has 1 heterocycles. The molecule has 1 N–H and O–H groups in total.